The molecule has 2 N–H and O–H groups in total. The van der Waals surface area contributed by atoms with E-state index in [0.717, 1.165) is 28.9 Å². The lowest BCUT2D eigenvalue weighted by Gasteiger charge is -2.15. The SMILES string of the molecule is CCc1nn2c(-c3c(OC)cc(COC)cc3OC)c(C)oc2c1N. The van der Waals surface area contributed by atoms with Crippen molar-refractivity contribution in [3.63, 3.8) is 0 Å². The van der Waals surface area contributed by atoms with Crippen LogP contribution in [0.2, 0.25) is 0 Å². The van der Waals surface area contributed by atoms with Crippen molar-refractivity contribution in [2.75, 3.05) is 27.1 Å². The maximum absolute atomic E-state index is 6.16. The molecule has 3 rings (SSSR count). The van der Waals surface area contributed by atoms with Crippen LogP contribution in [-0.2, 0) is 17.8 Å². The van der Waals surface area contributed by atoms with Crippen LogP contribution in [0.1, 0.15) is 23.9 Å². The van der Waals surface area contributed by atoms with Crippen molar-refractivity contribution in [3.05, 3.63) is 29.2 Å². The Hall–Kier alpha value is -2.67. The van der Waals surface area contributed by atoms with Crippen LogP contribution in [0.3, 0.4) is 0 Å². The van der Waals surface area contributed by atoms with Crippen molar-refractivity contribution >= 4 is 11.4 Å². The minimum atomic E-state index is 0.460. The zero-order chi connectivity index (χ0) is 18.1. The van der Waals surface area contributed by atoms with Crippen LogP contribution in [0.25, 0.3) is 17.0 Å². The monoisotopic (exact) mass is 345 g/mol. The average Bonchev–Trinajstić information content (AvgIpc) is 3.09. The molecule has 0 spiro atoms. The molecule has 1 aromatic carbocycles. The first-order chi connectivity index (χ1) is 12.0. The predicted octanol–water partition coefficient (Wildman–Crippen LogP) is 3.21. The van der Waals surface area contributed by atoms with Crippen molar-refractivity contribution in [1.82, 2.24) is 9.61 Å². The van der Waals surface area contributed by atoms with Crippen LogP contribution >= 0.6 is 0 Å². The highest BCUT2D eigenvalue weighted by molar-refractivity contribution is 5.80. The number of fused-ring (bicyclic) bond motifs is 1. The lowest BCUT2D eigenvalue weighted by Crippen LogP contribution is -2.00. The van der Waals surface area contributed by atoms with Gasteiger partial charge in [0.05, 0.1) is 32.1 Å². The van der Waals surface area contributed by atoms with Gasteiger partial charge in [0.15, 0.2) is 0 Å². The molecule has 0 unspecified atom stereocenters. The van der Waals surface area contributed by atoms with Crippen molar-refractivity contribution in [3.8, 4) is 22.8 Å². The molecule has 0 bridgehead atoms. The Morgan fingerprint density at radius 3 is 2.32 bits per heavy atom. The summed E-state index contributed by atoms with van der Waals surface area (Å²) in [6.07, 6.45) is 0.725. The smallest absolute Gasteiger partial charge is 0.246 e. The molecule has 3 aromatic rings. The number of aryl methyl sites for hydroxylation is 2. The molecular formula is C18H23N3O4. The van der Waals surface area contributed by atoms with Crippen LogP contribution in [0.5, 0.6) is 11.5 Å². The minimum absolute atomic E-state index is 0.460. The average molecular weight is 345 g/mol. The fraction of sp³-hybridized carbons (Fsp3) is 0.389. The maximum atomic E-state index is 6.16. The molecule has 0 fully saturated rings. The van der Waals surface area contributed by atoms with Crippen LogP contribution in [0.4, 0.5) is 5.69 Å². The first-order valence-corrected chi connectivity index (χ1v) is 8.06. The zero-order valence-electron chi connectivity index (χ0n) is 15.2. The second kappa shape index (κ2) is 6.68. The summed E-state index contributed by atoms with van der Waals surface area (Å²) in [5.74, 6) is 2.00. The summed E-state index contributed by atoms with van der Waals surface area (Å²) in [6.45, 7) is 4.34. The van der Waals surface area contributed by atoms with Gasteiger partial charge in [-0.25, -0.2) is 0 Å². The number of aromatic nitrogens is 2. The zero-order valence-corrected chi connectivity index (χ0v) is 15.2. The van der Waals surface area contributed by atoms with Crippen LogP contribution in [-0.4, -0.2) is 30.9 Å². The van der Waals surface area contributed by atoms with Gasteiger partial charge in [-0.2, -0.15) is 9.61 Å². The summed E-state index contributed by atoms with van der Waals surface area (Å²) in [5, 5.41) is 4.60. The third-order valence-electron chi connectivity index (χ3n) is 4.20. The third-order valence-corrected chi connectivity index (χ3v) is 4.20. The number of nitrogens with zero attached hydrogens (tertiary/aromatic N) is 2. The highest BCUT2D eigenvalue weighted by atomic mass is 16.5. The van der Waals surface area contributed by atoms with Gasteiger partial charge < -0.3 is 24.4 Å². The van der Waals surface area contributed by atoms with Gasteiger partial charge >= 0.3 is 0 Å². The van der Waals surface area contributed by atoms with E-state index in [1.807, 2.05) is 26.0 Å². The molecule has 25 heavy (non-hydrogen) atoms. The van der Waals surface area contributed by atoms with E-state index >= 15 is 0 Å². The summed E-state index contributed by atoms with van der Waals surface area (Å²) >= 11 is 0. The second-order valence-corrected chi connectivity index (χ2v) is 5.75. The molecule has 0 radical (unpaired) electrons. The molecule has 7 heteroatoms. The molecule has 0 saturated carbocycles. The molecule has 134 valence electrons. The molecule has 7 nitrogen and oxygen atoms in total. The van der Waals surface area contributed by atoms with Gasteiger partial charge in [0.1, 0.15) is 28.6 Å². The standard InChI is InChI=1S/C18H23N3O4/c1-6-12-16(19)18-21(20-12)17(10(2)25-18)15-13(23-4)7-11(9-22-3)8-14(15)24-5/h7-8H,6,9,19H2,1-5H3. The summed E-state index contributed by atoms with van der Waals surface area (Å²) in [6, 6.07) is 3.85. The Kier molecular flexibility index (Phi) is 4.59. The summed E-state index contributed by atoms with van der Waals surface area (Å²) < 4.78 is 24.1. The van der Waals surface area contributed by atoms with Gasteiger partial charge in [-0.1, -0.05) is 6.92 Å². The highest BCUT2D eigenvalue weighted by Gasteiger charge is 2.25. The summed E-state index contributed by atoms with van der Waals surface area (Å²) in [4.78, 5) is 0. The van der Waals surface area contributed by atoms with Crippen molar-refractivity contribution in [2.45, 2.75) is 26.9 Å². The molecule has 0 atom stereocenters. The number of hydrogen-bond donors (Lipinski definition) is 1. The van der Waals surface area contributed by atoms with E-state index in [9.17, 15) is 0 Å². The Bertz CT molecular complexity index is 886. The van der Waals surface area contributed by atoms with E-state index < -0.39 is 0 Å². The lowest BCUT2D eigenvalue weighted by atomic mass is 10.0. The van der Waals surface area contributed by atoms with Crippen molar-refractivity contribution in [1.29, 1.82) is 0 Å². The molecule has 0 aliphatic rings. The molecule has 2 heterocycles. The third kappa shape index (κ3) is 2.70. The number of rotatable bonds is 6. The Morgan fingerprint density at radius 2 is 1.80 bits per heavy atom. The van der Waals surface area contributed by atoms with E-state index in [-0.39, 0.29) is 0 Å². The maximum Gasteiger partial charge on any atom is 0.246 e. The van der Waals surface area contributed by atoms with Gasteiger partial charge in [-0.3, -0.25) is 0 Å². The Balaban J connectivity index is 2.32. The fourth-order valence-electron chi connectivity index (χ4n) is 3.04. The van der Waals surface area contributed by atoms with Crippen molar-refractivity contribution in [2.24, 2.45) is 0 Å². The lowest BCUT2D eigenvalue weighted by molar-refractivity contribution is 0.184. The highest BCUT2D eigenvalue weighted by Crippen LogP contribution is 2.43. The second-order valence-electron chi connectivity index (χ2n) is 5.75. The molecule has 0 aliphatic heterocycles. The van der Waals surface area contributed by atoms with E-state index in [4.69, 9.17) is 24.4 Å². The quantitative estimate of drug-likeness (QED) is 0.738. The Morgan fingerprint density at radius 1 is 1.16 bits per heavy atom. The molecular weight excluding hydrogens is 322 g/mol. The van der Waals surface area contributed by atoms with Gasteiger partial charge in [0.2, 0.25) is 5.71 Å². The van der Waals surface area contributed by atoms with E-state index in [1.54, 1.807) is 25.8 Å². The normalized spacial score (nSPS) is 11.2. The number of nitrogen functional groups attached to an aromatic ring is 1. The number of hydrogen-bond acceptors (Lipinski definition) is 6. The number of methoxy groups -OCH3 is 3. The van der Waals surface area contributed by atoms with Gasteiger partial charge in [-0.15, -0.1) is 0 Å². The fourth-order valence-corrected chi connectivity index (χ4v) is 3.04. The van der Waals surface area contributed by atoms with Crippen LogP contribution < -0.4 is 15.2 Å². The first kappa shape index (κ1) is 17.2. The molecule has 2 aromatic heterocycles. The number of oxazole rings is 1. The molecule has 0 amide bonds. The first-order valence-electron chi connectivity index (χ1n) is 8.06. The van der Waals surface area contributed by atoms with Gasteiger partial charge in [-0.05, 0) is 31.0 Å². The van der Waals surface area contributed by atoms with Gasteiger partial charge in [0, 0.05) is 7.11 Å². The van der Waals surface area contributed by atoms with E-state index in [1.165, 1.54) is 0 Å². The van der Waals surface area contributed by atoms with Crippen molar-refractivity contribution < 1.29 is 18.6 Å². The number of anilines is 1. The number of nitrogens with two attached hydrogens (primary N) is 1. The summed E-state index contributed by atoms with van der Waals surface area (Å²) in [7, 11) is 4.89. The van der Waals surface area contributed by atoms with E-state index in [2.05, 4.69) is 5.10 Å². The van der Waals surface area contributed by atoms with Crippen LogP contribution in [0.15, 0.2) is 16.5 Å². The number of benzene rings is 1. The summed E-state index contributed by atoms with van der Waals surface area (Å²) in [5.41, 5.74) is 10.5. The predicted molar refractivity (Wildman–Crippen MR) is 95.2 cm³/mol. The molecule has 0 aliphatic carbocycles. The largest absolute Gasteiger partial charge is 0.496 e. The van der Waals surface area contributed by atoms with Gasteiger partial charge in [0.25, 0.3) is 0 Å². The Labute approximate surface area is 146 Å². The number of ether oxygens (including phenoxy) is 3. The topological polar surface area (TPSA) is 84.2 Å². The van der Waals surface area contributed by atoms with E-state index in [0.29, 0.717) is 35.3 Å². The van der Waals surface area contributed by atoms with Crippen LogP contribution in [0, 0.1) is 6.92 Å². The minimum Gasteiger partial charge on any atom is -0.496 e. The molecule has 0 saturated heterocycles.